The third-order valence-electron chi connectivity index (χ3n) is 6.13. The van der Waals surface area contributed by atoms with Gasteiger partial charge in [-0.05, 0) is 53.9 Å². The lowest BCUT2D eigenvalue weighted by molar-refractivity contribution is -0.139. The Morgan fingerprint density at radius 2 is 1.64 bits per heavy atom. The predicted molar refractivity (Wildman–Crippen MR) is 149 cm³/mol. The number of hydrogen-bond donors (Lipinski definition) is 3. The molecule has 204 valence electrons. The first kappa shape index (κ1) is 28.4. The number of carbonyl (C=O) groups is 1. The monoisotopic (exact) mass is 569 g/mol. The number of carboxylic acid groups (broad SMARTS) is 1. The fourth-order valence-electron chi connectivity index (χ4n) is 4.04. The third kappa shape index (κ3) is 6.69. The minimum Gasteiger partial charge on any atom is -0.497 e. The molecule has 3 N–H and O–H groups in total. The molecule has 0 amide bonds. The summed E-state index contributed by atoms with van der Waals surface area (Å²) in [6, 6.07) is 18.7. The number of aliphatic hydroxyl groups is 1. The zero-order valence-electron chi connectivity index (χ0n) is 21.2. The van der Waals surface area contributed by atoms with Gasteiger partial charge in [0.1, 0.15) is 17.4 Å². The minimum absolute atomic E-state index is 0.0357. The third-order valence-corrected chi connectivity index (χ3v) is 8.93. The lowest BCUT2D eigenvalue weighted by Crippen LogP contribution is -2.43. The van der Waals surface area contributed by atoms with Gasteiger partial charge in [0.25, 0.3) is 0 Å². The molecule has 1 aromatic heterocycles. The molecule has 2 unspecified atom stereocenters. The van der Waals surface area contributed by atoms with Gasteiger partial charge in [-0.1, -0.05) is 42.5 Å². The standard InChI is InChI=1S/C28H27NO8S2/c1-17-23-5-3-4-6-25(23)37-28(33)26(17)38-16-20(30)15-24(27(31)32)29-39(34,35)22-13-9-19(10-14-22)18-7-11-21(36-2)12-8-18/h3-14,20,24,29-30H,15-16H2,1-2H3,(H,31,32). The van der Waals surface area contributed by atoms with Crippen molar-refractivity contribution in [2.24, 2.45) is 0 Å². The van der Waals surface area contributed by atoms with Gasteiger partial charge in [0.15, 0.2) is 0 Å². The van der Waals surface area contributed by atoms with Crippen LogP contribution in [0.4, 0.5) is 0 Å². The van der Waals surface area contributed by atoms with Gasteiger partial charge < -0.3 is 19.4 Å². The number of aliphatic carboxylic acids is 1. The number of ether oxygens (including phenoxy) is 1. The van der Waals surface area contributed by atoms with Crippen molar-refractivity contribution in [2.45, 2.75) is 35.3 Å². The molecule has 1 heterocycles. The first-order valence-electron chi connectivity index (χ1n) is 11.9. The van der Waals surface area contributed by atoms with Crippen LogP contribution in [0.2, 0.25) is 0 Å². The number of rotatable bonds is 11. The summed E-state index contributed by atoms with van der Waals surface area (Å²) in [6.45, 7) is 1.77. The Kier molecular flexibility index (Phi) is 8.76. The first-order valence-corrected chi connectivity index (χ1v) is 14.4. The van der Waals surface area contributed by atoms with Crippen LogP contribution in [0.1, 0.15) is 12.0 Å². The van der Waals surface area contributed by atoms with Crippen LogP contribution < -0.4 is 15.1 Å². The van der Waals surface area contributed by atoms with Gasteiger partial charge in [0, 0.05) is 17.6 Å². The molecule has 39 heavy (non-hydrogen) atoms. The highest BCUT2D eigenvalue weighted by atomic mass is 32.2. The van der Waals surface area contributed by atoms with E-state index in [0.29, 0.717) is 21.8 Å². The zero-order valence-corrected chi connectivity index (χ0v) is 22.8. The second kappa shape index (κ2) is 12.0. The van der Waals surface area contributed by atoms with Crippen LogP contribution in [0.5, 0.6) is 5.75 Å². The van der Waals surface area contributed by atoms with E-state index in [1.54, 1.807) is 50.4 Å². The maximum Gasteiger partial charge on any atom is 0.350 e. The zero-order chi connectivity index (χ0) is 28.2. The van der Waals surface area contributed by atoms with Crippen molar-refractivity contribution in [1.29, 1.82) is 0 Å². The lowest BCUT2D eigenvalue weighted by Gasteiger charge is -2.18. The Morgan fingerprint density at radius 3 is 2.26 bits per heavy atom. The Balaban J connectivity index is 1.42. The van der Waals surface area contributed by atoms with E-state index < -0.39 is 40.2 Å². The highest BCUT2D eigenvalue weighted by Gasteiger charge is 2.28. The Morgan fingerprint density at radius 1 is 1.03 bits per heavy atom. The van der Waals surface area contributed by atoms with E-state index in [2.05, 4.69) is 4.72 Å². The van der Waals surface area contributed by atoms with E-state index in [0.717, 1.165) is 28.3 Å². The van der Waals surface area contributed by atoms with E-state index in [-0.39, 0.29) is 10.6 Å². The van der Waals surface area contributed by atoms with Crippen molar-refractivity contribution in [3.8, 4) is 16.9 Å². The van der Waals surface area contributed by atoms with E-state index in [1.807, 2.05) is 24.3 Å². The number of benzene rings is 3. The molecule has 9 nitrogen and oxygen atoms in total. The van der Waals surface area contributed by atoms with Crippen LogP contribution in [-0.4, -0.2) is 49.6 Å². The summed E-state index contributed by atoms with van der Waals surface area (Å²) >= 11 is 1.03. The molecule has 0 aliphatic rings. The summed E-state index contributed by atoms with van der Waals surface area (Å²) < 4.78 is 38.5. The normalized spacial score (nSPS) is 13.2. The van der Waals surface area contributed by atoms with E-state index in [1.165, 1.54) is 12.1 Å². The summed E-state index contributed by atoms with van der Waals surface area (Å²) in [5.41, 5.74) is 2.20. The van der Waals surface area contributed by atoms with E-state index in [4.69, 9.17) is 9.15 Å². The molecule has 2 atom stereocenters. The second-order valence-electron chi connectivity index (χ2n) is 8.81. The molecule has 0 bridgehead atoms. The summed E-state index contributed by atoms with van der Waals surface area (Å²) in [6.07, 6.45) is -1.62. The van der Waals surface area contributed by atoms with Crippen LogP contribution in [0.3, 0.4) is 0 Å². The molecular weight excluding hydrogens is 542 g/mol. The average Bonchev–Trinajstić information content (AvgIpc) is 2.92. The van der Waals surface area contributed by atoms with Crippen molar-refractivity contribution >= 4 is 38.7 Å². The fourth-order valence-corrected chi connectivity index (χ4v) is 6.22. The first-order chi connectivity index (χ1) is 18.6. The molecule has 0 spiro atoms. The topological polar surface area (TPSA) is 143 Å². The molecular formula is C28H27NO8S2. The largest absolute Gasteiger partial charge is 0.497 e. The molecule has 4 rings (SSSR count). The molecule has 0 radical (unpaired) electrons. The molecule has 3 aromatic carbocycles. The molecule has 4 aromatic rings. The van der Waals surface area contributed by atoms with Crippen molar-refractivity contribution in [3.63, 3.8) is 0 Å². The maximum absolute atomic E-state index is 12.9. The van der Waals surface area contributed by atoms with Crippen LogP contribution in [0.25, 0.3) is 22.1 Å². The molecule has 0 aliphatic carbocycles. The van der Waals surface area contributed by atoms with Gasteiger partial charge in [-0.2, -0.15) is 4.72 Å². The van der Waals surface area contributed by atoms with Crippen molar-refractivity contribution in [2.75, 3.05) is 12.9 Å². The van der Waals surface area contributed by atoms with E-state index >= 15 is 0 Å². The fraction of sp³-hybridized carbons (Fsp3) is 0.214. The van der Waals surface area contributed by atoms with Gasteiger partial charge in [0.05, 0.1) is 23.0 Å². The average molecular weight is 570 g/mol. The number of methoxy groups -OCH3 is 1. The van der Waals surface area contributed by atoms with E-state index in [9.17, 15) is 28.2 Å². The quantitative estimate of drug-likeness (QED) is 0.180. The summed E-state index contributed by atoms with van der Waals surface area (Å²) in [4.78, 5) is 24.5. The highest BCUT2D eigenvalue weighted by molar-refractivity contribution is 7.99. The van der Waals surface area contributed by atoms with Gasteiger partial charge in [-0.3, -0.25) is 4.79 Å². The predicted octanol–water partition coefficient (Wildman–Crippen LogP) is 4.05. The van der Waals surface area contributed by atoms with Crippen LogP contribution >= 0.6 is 11.8 Å². The summed E-state index contributed by atoms with van der Waals surface area (Å²) in [5, 5.41) is 20.9. The maximum atomic E-state index is 12.9. The summed E-state index contributed by atoms with van der Waals surface area (Å²) in [7, 11) is -2.63. The number of carboxylic acids is 1. The van der Waals surface area contributed by atoms with Crippen LogP contribution in [0, 0.1) is 6.92 Å². The number of nitrogens with one attached hydrogen (secondary N) is 1. The van der Waals surface area contributed by atoms with Crippen LogP contribution in [0.15, 0.2) is 91.8 Å². The second-order valence-corrected chi connectivity index (χ2v) is 11.5. The molecule has 0 aliphatic heterocycles. The molecule has 0 saturated carbocycles. The van der Waals surface area contributed by atoms with Gasteiger partial charge in [0.2, 0.25) is 10.0 Å². The summed E-state index contributed by atoms with van der Waals surface area (Å²) in [5.74, 6) is -0.774. The molecule has 0 saturated heterocycles. The number of para-hydroxylation sites is 1. The van der Waals surface area contributed by atoms with Gasteiger partial charge >= 0.3 is 11.6 Å². The number of hydrogen-bond acceptors (Lipinski definition) is 8. The number of aliphatic hydroxyl groups excluding tert-OH is 1. The van der Waals surface area contributed by atoms with Crippen molar-refractivity contribution in [3.05, 3.63) is 88.8 Å². The highest BCUT2D eigenvalue weighted by Crippen LogP contribution is 2.27. The molecule has 11 heteroatoms. The van der Waals surface area contributed by atoms with Gasteiger partial charge in [-0.15, -0.1) is 11.8 Å². The van der Waals surface area contributed by atoms with Gasteiger partial charge in [-0.25, -0.2) is 13.2 Å². The number of thioether (sulfide) groups is 1. The molecule has 0 fully saturated rings. The van der Waals surface area contributed by atoms with Crippen molar-refractivity contribution in [1.82, 2.24) is 4.72 Å². The lowest BCUT2D eigenvalue weighted by atomic mass is 10.1. The minimum atomic E-state index is -4.20. The number of fused-ring (bicyclic) bond motifs is 1. The Bertz CT molecular complexity index is 1630. The SMILES string of the molecule is COc1ccc(-c2ccc(S(=O)(=O)NC(CC(O)CSc3c(C)c4ccccc4oc3=O)C(=O)O)cc2)cc1. The number of sulfonamides is 1. The Labute approximate surface area is 229 Å². The van der Waals surface area contributed by atoms with Crippen molar-refractivity contribution < 1.29 is 32.6 Å². The smallest absolute Gasteiger partial charge is 0.350 e. The number of aryl methyl sites for hydroxylation is 1. The Hall–Kier alpha value is -3.64. The van der Waals surface area contributed by atoms with Crippen LogP contribution in [-0.2, 0) is 14.8 Å².